The molecule has 0 aliphatic rings. The Hall–Kier alpha value is -1.57. The van der Waals surface area contributed by atoms with Crippen LogP contribution in [0.1, 0.15) is 102 Å². The molecule has 0 radical (unpaired) electrons. The summed E-state index contributed by atoms with van der Waals surface area (Å²) in [6.45, 7) is 6.77. The van der Waals surface area contributed by atoms with Crippen molar-refractivity contribution in [2.45, 2.75) is 117 Å². The van der Waals surface area contributed by atoms with Crippen LogP contribution in [0.25, 0.3) is 0 Å². The standard InChI is InChI=1S/C27H45N2/c1-3-5-6-7-8-9-10-11-12-13-17-22-27-28(4-2)24-25-29(27)23-18-21-26-19-15-14-16-20-26/h14-16,19-20,24-25H,3-13,17-18,21-23H2,1-2H3/q+1. The van der Waals surface area contributed by atoms with Crippen LogP contribution < -0.4 is 4.57 Å². The highest BCUT2D eigenvalue weighted by Gasteiger charge is 2.15. The molecule has 162 valence electrons. The Morgan fingerprint density at radius 3 is 1.93 bits per heavy atom. The van der Waals surface area contributed by atoms with Crippen molar-refractivity contribution >= 4 is 0 Å². The molecule has 0 bridgehead atoms. The Labute approximate surface area is 180 Å². The highest BCUT2D eigenvalue weighted by atomic mass is 15.1. The minimum atomic E-state index is 1.08. The second-order valence-electron chi connectivity index (χ2n) is 8.57. The molecule has 0 aliphatic carbocycles. The van der Waals surface area contributed by atoms with Gasteiger partial charge in [-0.1, -0.05) is 101 Å². The third-order valence-corrected chi connectivity index (χ3v) is 6.14. The summed E-state index contributed by atoms with van der Waals surface area (Å²) in [6, 6.07) is 10.9. The van der Waals surface area contributed by atoms with Crippen molar-refractivity contribution in [3.8, 4) is 0 Å². The minimum Gasteiger partial charge on any atom is -0.235 e. The SMILES string of the molecule is CCCCCCCCCCCCCc1n(CC)cc[n+]1CCCc1ccccc1. The first kappa shape index (κ1) is 23.7. The van der Waals surface area contributed by atoms with E-state index in [4.69, 9.17) is 0 Å². The fraction of sp³-hybridized carbons (Fsp3) is 0.667. The number of rotatable bonds is 17. The lowest BCUT2D eigenvalue weighted by molar-refractivity contribution is -0.704. The molecule has 0 aliphatic heterocycles. The van der Waals surface area contributed by atoms with Crippen LogP contribution in [0, 0.1) is 0 Å². The second kappa shape index (κ2) is 15.3. The molecule has 0 saturated carbocycles. The predicted molar refractivity (Wildman–Crippen MR) is 125 cm³/mol. The Morgan fingerprint density at radius 1 is 0.690 bits per heavy atom. The van der Waals surface area contributed by atoms with Crippen LogP contribution in [0.15, 0.2) is 42.7 Å². The summed E-state index contributed by atoms with van der Waals surface area (Å²) in [5.74, 6) is 1.52. The van der Waals surface area contributed by atoms with Gasteiger partial charge in [0.25, 0.3) is 5.82 Å². The van der Waals surface area contributed by atoms with Gasteiger partial charge >= 0.3 is 0 Å². The van der Waals surface area contributed by atoms with Crippen molar-refractivity contribution in [1.82, 2.24) is 4.57 Å². The van der Waals surface area contributed by atoms with E-state index in [0.29, 0.717) is 0 Å². The number of aryl methyl sites for hydroxylation is 3. The Bertz CT molecular complexity index is 629. The number of imidazole rings is 1. The number of aromatic nitrogens is 2. The number of hydrogen-bond donors (Lipinski definition) is 0. The lowest BCUT2D eigenvalue weighted by Crippen LogP contribution is -2.37. The minimum absolute atomic E-state index is 1.08. The van der Waals surface area contributed by atoms with Gasteiger partial charge < -0.3 is 0 Å². The van der Waals surface area contributed by atoms with Crippen molar-refractivity contribution in [2.24, 2.45) is 0 Å². The fourth-order valence-corrected chi connectivity index (χ4v) is 4.32. The number of unbranched alkanes of at least 4 members (excludes halogenated alkanes) is 10. The quantitative estimate of drug-likeness (QED) is 0.196. The van der Waals surface area contributed by atoms with Gasteiger partial charge in [-0.05, 0) is 31.7 Å². The molecule has 2 rings (SSSR count). The van der Waals surface area contributed by atoms with Gasteiger partial charge in [0, 0.05) is 6.42 Å². The van der Waals surface area contributed by atoms with E-state index in [-0.39, 0.29) is 0 Å². The van der Waals surface area contributed by atoms with Crippen LogP contribution >= 0.6 is 0 Å². The van der Waals surface area contributed by atoms with Gasteiger partial charge in [0.15, 0.2) is 0 Å². The van der Waals surface area contributed by atoms with Gasteiger partial charge in [-0.3, -0.25) is 0 Å². The molecule has 0 unspecified atom stereocenters. The predicted octanol–water partition coefficient (Wildman–Crippen LogP) is 7.28. The Balaban J connectivity index is 1.61. The molecule has 0 spiro atoms. The van der Waals surface area contributed by atoms with Crippen molar-refractivity contribution in [2.75, 3.05) is 0 Å². The largest absolute Gasteiger partial charge is 0.256 e. The van der Waals surface area contributed by atoms with Gasteiger partial charge in [-0.2, -0.15) is 0 Å². The summed E-state index contributed by atoms with van der Waals surface area (Å²) < 4.78 is 4.95. The maximum absolute atomic E-state index is 2.50. The lowest BCUT2D eigenvalue weighted by atomic mass is 10.1. The van der Waals surface area contributed by atoms with Crippen molar-refractivity contribution in [1.29, 1.82) is 0 Å². The molecule has 0 N–H and O–H groups in total. The third kappa shape index (κ3) is 9.65. The number of benzene rings is 1. The zero-order chi connectivity index (χ0) is 20.6. The molecular formula is C27H45N2+. The third-order valence-electron chi connectivity index (χ3n) is 6.14. The van der Waals surface area contributed by atoms with Crippen LogP contribution in [0.4, 0.5) is 0 Å². The van der Waals surface area contributed by atoms with E-state index in [1.807, 2.05) is 0 Å². The van der Waals surface area contributed by atoms with Crippen molar-refractivity contribution < 1.29 is 4.57 Å². The average Bonchev–Trinajstić information content (AvgIpc) is 3.14. The normalized spacial score (nSPS) is 11.2. The van der Waals surface area contributed by atoms with Gasteiger partial charge in [-0.25, -0.2) is 9.13 Å². The van der Waals surface area contributed by atoms with Gasteiger partial charge in [0.2, 0.25) is 0 Å². The molecule has 0 saturated heterocycles. The Morgan fingerprint density at radius 2 is 1.31 bits per heavy atom. The first-order valence-electron chi connectivity index (χ1n) is 12.5. The van der Waals surface area contributed by atoms with E-state index in [0.717, 1.165) is 13.1 Å². The van der Waals surface area contributed by atoms with E-state index in [2.05, 4.69) is 65.7 Å². The van der Waals surface area contributed by atoms with Crippen LogP contribution in [-0.4, -0.2) is 4.57 Å². The molecule has 2 heteroatoms. The van der Waals surface area contributed by atoms with Crippen LogP contribution in [-0.2, 0) is 25.9 Å². The van der Waals surface area contributed by atoms with Crippen molar-refractivity contribution in [3.05, 3.63) is 54.1 Å². The first-order valence-corrected chi connectivity index (χ1v) is 12.5. The molecule has 0 amide bonds. The summed E-state index contributed by atoms with van der Waals surface area (Å²) in [6.07, 6.45) is 23.8. The number of nitrogens with zero attached hydrogens (tertiary/aromatic N) is 2. The molecule has 1 aromatic heterocycles. The lowest BCUT2D eigenvalue weighted by Gasteiger charge is -2.06. The smallest absolute Gasteiger partial charge is 0.235 e. The molecule has 2 aromatic rings. The molecule has 1 aromatic carbocycles. The molecule has 2 nitrogen and oxygen atoms in total. The summed E-state index contributed by atoms with van der Waals surface area (Å²) >= 11 is 0. The van der Waals surface area contributed by atoms with E-state index in [1.165, 1.54) is 101 Å². The maximum Gasteiger partial charge on any atom is 0.256 e. The molecule has 0 fully saturated rings. The van der Waals surface area contributed by atoms with Crippen molar-refractivity contribution in [3.63, 3.8) is 0 Å². The average molecular weight is 398 g/mol. The van der Waals surface area contributed by atoms with E-state index < -0.39 is 0 Å². The van der Waals surface area contributed by atoms with E-state index in [1.54, 1.807) is 0 Å². The highest BCUT2D eigenvalue weighted by Crippen LogP contribution is 2.12. The van der Waals surface area contributed by atoms with Gasteiger partial charge in [0.05, 0.1) is 13.1 Å². The van der Waals surface area contributed by atoms with Crippen LogP contribution in [0.3, 0.4) is 0 Å². The van der Waals surface area contributed by atoms with Gasteiger partial charge in [0.1, 0.15) is 12.4 Å². The first-order chi connectivity index (χ1) is 14.3. The van der Waals surface area contributed by atoms with Crippen LogP contribution in [0.5, 0.6) is 0 Å². The monoisotopic (exact) mass is 397 g/mol. The fourth-order valence-electron chi connectivity index (χ4n) is 4.32. The topological polar surface area (TPSA) is 8.81 Å². The zero-order valence-electron chi connectivity index (χ0n) is 19.2. The second-order valence-corrected chi connectivity index (χ2v) is 8.57. The summed E-state index contributed by atoms with van der Waals surface area (Å²) in [7, 11) is 0. The molecule has 0 atom stereocenters. The molecule has 29 heavy (non-hydrogen) atoms. The summed E-state index contributed by atoms with van der Waals surface area (Å²) in [5, 5.41) is 0. The van der Waals surface area contributed by atoms with Crippen LogP contribution in [0.2, 0.25) is 0 Å². The number of hydrogen-bond acceptors (Lipinski definition) is 0. The van der Waals surface area contributed by atoms with E-state index >= 15 is 0 Å². The molecule has 1 heterocycles. The zero-order valence-corrected chi connectivity index (χ0v) is 19.2. The highest BCUT2D eigenvalue weighted by molar-refractivity contribution is 5.14. The summed E-state index contributed by atoms with van der Waals surface area (Å²) in [4.78, 5) is 0. The Kier molecular flexibility index (Phi) is 12.5. The van der Waals surface area contributed by atoms with Gasteiger partial charge in [-0.15, -0.1) is 0 Å². The van der Waals surface area contributed by atoms with E-state index in [9.17, 15) is 0 Å². The molecular weight excluding hydrogens is 352 g/mol. The maximum atomic E-state index is 2.50. The summed E-state index contributed by atoms with van der Waals surface area (Å²) in [5.41, 5.74) is 1.45.